The number of halogens is 3. The second kappa shape index (κ2) is 6.14. The van der Waals surface area contributed by atoms with Gasteiger partial charge in [-0.05, 0) is 18.6 Å². The van der Waals surface area contributed by atoms with Crippen LogP contribution >= 0.6 is 35.0 Å². The summed E-state index contributed by atoms with van der Waals surface area (Å²) in [6.45, 7) is 0.0311. The maximum Gasteiger partial charge on any atom is 0.209 e. The van der Waals surface area contributed by atoms with Gasteiger partial charge < -0.3 is 10.6 Å². The van der Waals surface area contributed by atoms with Gasteiger partial charge in [0.25, 0.3) is 0 Å². The molecule has 118 valence electrons. The van der Waals surface area contributed by atoms with E-state index in [9.17, 15) is 4.39 Å². The fourth-order valence-electron chi connectivity index (χ4n) is 1.83. The van der Waals surface area contributed by atoms with Crippen molar-refractivity contribution in [2.75, 3.05) is 11.6 Å². The molecule has 1 aliphatic carbocycles. The Hall–Kier alpha value is -1.18. The van der Waals surface area contributed by atoms with Gasteiger partial charge in [-0.2, -0.15) is 0 Å². The highest BCUT2D eigenvalue weighted by atomic mass is 35.5. The van der Waals surface area contributed by atoms with E-state index in [1.165, 1.54) is 28.6 Å². The minimum absolute atomic E-state index is 0.0311. The first kappa shape index (κ1) is 15.7. The molecule has 1 atom stereocenters. The molecular formula is C13H13Cl2FN4OS. The molecule has 1 saturated carbocycles. The molecule has 3 rings (SSSR count). The van der Waals surface area contributed by atoms with Crippen LogP contribution in [0.1, 0.15) is 12.2 Å². The third-order valence-corrected chi connectivity index (χ3v) is 5.33. The van der Waals surface area contributed by atoms with E-state index in [1.807, 2.05) is 0 Å². The third-order valence-electron chi connectivity index (χ3n) is 3.30. The summed E-state index contributed by atoms with van der Waals surface area (Å²) in [5.41, 5.74) is 0. The molecule has 1 aliphatic rings. The average molecular weight is 363 g/mol. The van der Waals surface area contributed by atoms with Crippen LogP contribution in [0.3, 0.4) is 0 Å². The van der Waals surface area contributed by atoms with E-state index in [0.717, 1.165) is 12.2 Å². The lowest BCUT2D eigenvalue weighted by Crippen LogP contribution is -2.16. The quantitative estimate of drug-likeness (QED) is 0.486. The van der Waals surface area contributed by atoms with Gasteiger partial charge in [0.2, 0.25) is 5.16 Å². The summed E-state index contributed by atoms with van der Waals surface area (Å²) in [5, 5.41) is 8.48. The number of rotatable bonds is 6. The van der Waals surface area contributed by atoms with Gasteiger partial charge in [0.15, 0.2) is 17.4 Å². The number of nitrogens with two attached hydrogens (primary N) is 1. The molecule has 0 saturated heterocycles. The van der Waals surface area contributed by atoms with E-state index in [4.69, 9.17) is 33.8 Å². The zero-order chi connectivity index (χ0) is 15.7. The van der Waals surface area contributed by atoms with Crippen molar-refractivity contribution in [2.24, 2.45) is 5.92 Å². The Kier molecular flexibility index (Phi) is 4.38. The lowest BCUT2D eigenvalue weighted by Gasteiger charge is -2.07. The van der Waals surface area contributed by atoms with Crippen LogP contribution in [-0.4, -0.2) is 25.0 Å². The van der Waals surface area contributed by atoms with Crippen LogP contribution in [0.5, 0.6) is 5.75 Å². The first-order valence-electron chi connectivity index (χ1n) is 6.54. The normalized spacial score (nSPS) is 19.1. The lowest BCUT2D eigenvalue weighted by molar-refractivity contribution is 0.277. The molecule has 1 aromatic carbocycles. The first-order valence-corrected chi connectivity index (χ1v) is 8.29. The van der Waals surface area contributed by atoms with Crippen molar-refractivity contribution >= 4 is 35.0 Å². The minimum Gasteiger partial charge on any atom is -0.482 e. The van der Waals surface area contributed by atoms with Crippen molar-refractivity contribution in [3.8, 4) is 5.75 Å². The fourth-order valence-corrected chi connectivity index (χ4v) is 3.64. The highest BCUT2D eigenvalue weighted by molar-refractivity contribution is 7.99. The van der Waals surface area contributed by atoms with Crippen molar-refractivity contribution in [2.45, 2.75) is 22.5 Å². The maximum absolute atomic E-state index is 13.5. The van der Waals surface area contributed by atoms with Crippen LogP contribution in [-0.2, 0) is 6.61 Å². The summed E-state index contributed by atoms with van der Waals surface area (Å²) in [5.74, 6) is 6.98. The molecule has 2 N–H and O–H groups in total. The predicted octanol–water partition coefficient (Wildman–Crippen LogP) is 3.00. The summed E-state index contributed by atoms with van der Waals surface area (Å²) in [6, 6.07) is 6.14. The van der Waals surface area contributed by atoms with Crippen LogP contribution in [0.4, 0.5) is 4.39 Å². The van der Waals surface area contributed by atoms with E-state index in [0.29, 0.717) is 11.0 Å². The highest BCUT2D eigenvalue weighted by Crippen LogP contribution is 2.54. The second-order valence-electron chi connectivity index (χ2n) is 4.96. The van der Waals surface area contributed by atoms with Gasteiger partial charge in [-0.3, -0.25) is 0 Å². The lowest BCUT2D eigenvalue weighted by atomic mass is 10.3. The van der Waals surface area contributed by atoms with Crippen molar-refractivity contribution in [3.63, 3.8) is 0 Å². The maximum atomic E-state index is 13.5. The number of nitrogens with zero attached hydrogens (tertiary/aromatic N) is 3. The van der Waals surface area contributed by atoms with Crippen molar-refractivity contribution in [3.05, 3.63) is 35.9 Å². The Morgan fingerprint density at radius 3 is 2.82 bits per heavy atom. The van der Waals surface area contributed by atoms with Gasteiger partial charge in [-0.15, -0.1) is 33.4 Å². The van der Waals surface area contributed by atoms with E-state index in [2.05, 4.69) is 10.2 Å². The van der Waals surface area contributed by atoms with Gasteiger partial charge in [-0.1, -0.05) is 23.9 Å². The van der Waals surface area contributed by atoms with Crippen LogP contribution in [0.2, 0.25) is 0 Å². The molecule has 0 bridgehead atoms. The Labute approximate surface area is 140 Å². The number of alkyl halides is 2. The number of para-hydroxylation sites is 1. The van der Waals surface area contributed by atoms with Crippen LogP contribution < -0.4 is 10.6 Å². The highest BCUT2D eigenvalue weighted by Gasteiger charge is 2.51. The number of hydrogen-bond acceptors (Lipinski definition) is 5. The molecule has 9 heteroatoms. The van der Waals surface area contributed by atoms with Crippen LogP contribution in [0.15, 0.2) is 29.4 Å². The van der Waals surface area contributed by atoms with E-state index >= 15 is 0 Å². The molecule has 1 aromatic heterocycles. The zero-order valence-corrected chi connectivity index (χ0v) is 13.7. The molecule has 5 nitrogen and oxygen atoms in total. The van der Waals surface area contributed by atoms with Crippen LogP contribution in [0.25, 0.3) is 0 Å². The van der Waals surface area contributed by atoms with Crippen molar-refractivity contribution < 1.29 is 9.13 Å². The molecule has 0 amide bonds. The number of thioether (sulfide) groups is 1. The molecule has 1 fully saturated rings. The fraction of sp³-hybridized carbons (Fsp3) is 0.385. The van der Waals surface area contributed by atoms with Crippen LogP contribution in [0, 0.1) is 11.7 Å². The van der Waals surface area contributed by atoms with Gasteiger partial charge in [0, 0.05) is 11.7 Å². The Morgan fingerprint density at radius 1 is 1.41 bits per heavy atom. The third kappa shape index (κ3) is 3.42. The molecule has 0 spiro atoms. The SMILES string of the molecule is Nn1c(COc2ccccc2F)nnc1SCC1CC1(Cl)Cl. The molecule has 0 radical (unpaired) electrons. The molecule has 1 unspecified atom stereocenters. The first-order chi connectivity index (χ1) is 10.5. The summed E-state index contributed by atoms with van der Waals surface area (Å²) >= 11 is 13.4. The van der Waals surface area contributed by atoms with E-state index < -0.39 is 10.2 Å². The number of aromatic nitrogens is 3. The largest absolute Gasteiger partial charge is 0.482 e. The minimum atomic E-state index is -0.622. The van der Waals surface area contributed by atoms with Gasteiger partial charge >= 0.3 is 0 Å². The predicted molar refractivity (Wildman–Crippen MR) is 84.2 cm³/mol. The van der Waals surface area contributed by atoms with Crippen molar-refractivity contribution in [1.82, 2.24) is 14.9 Å². The molecule has 0 aliphatic heterocycles. The Balaban J connectivity index is 1.58. The average Bonchev–Trinajstić information content (AvgIpc) is 2.94. The smallest absolute Gasteiger partial charge is 0.209 e. The number of ether oxygens (including phenoxy) is 1. The molecule has 22 heavy (non-hydrogen) atoms. The van der Waals surface area contributed by atoms with E-state index in [1.54, 1.807) is 12.1 Å². The summed E-state index contributed by atoms with van der Waals surface area (Å²) in [4.78, 5) is 0. The van der Waals surface area contributed by atoms with Gasteiger partial charge in [-0.25, -0.2) is 9.07 Å². The summed E-state index contributed by atoms with van der Waals surface area (Å²) < 4.78 is 19.5. The molecule has 2 aromatic rings. The Morgan fingerprint density at radius 2 is 2.14 bits per heavy atom. The van der Waals surface area contributed by atoms with Crippen molar-refractivity contribution in [1.29, 1.82) is 0 Å². The van der Waals surface area contributed by atoms with E-state index in [-0.39, 0.29) is 18.3 Å². The topological polar surface area (TPSA) is 66.0 Å². The second-order valence-corrected chi connectivity index (χ2v) is 7.49. The monoisotopic (exact) mass is 362 g/mol. The molecule has 1 heterocycles. The molecular weight excluding hydrogens is 350 g/mol. The number of nitrogen functional groups attached to an aromatic ring is 1. The van der Waals surface area contributed by atoms with Gasteiger partial charge in [0.1, 0.15) is 10.9 Å². The zero-order valence-electron chi connectivity index (χ0n) is 11.4. The summed E-state index contributed by atoms with van der Waals surface area (Å²) in [7, 11) is 0. The summed E-state index contributed by atoms with van der Waals surface area (Å²) in [6.07, 6.45) is 0.769. The standard InChI is InChI=1S/C13H13Cl2FN4OS/c14-13(15)5-8(13)7-22-12-19-18-11(20(12)17)6-21-10-4-2-1-3-9(10)16/h1-4,8H,5-7,17H2. The Bertz CT molecular complexity index is 682. The van der Waals surface area contributed by atoms with Gasteiger partial charge in [0.05, 0.1) is 0 Å². The number of benzene rings is 1. The number of hydrogen-bond donors (Lipinski definition) is 1.